The lowest BCUT2D eigenvalue weighted by Gasteiger charge is -2.16. The summed E-state index contributed by atoms with van der Waals surface area (Å²) in [6.45, 7) is 5.99. The molecule has 0 saturated heterocycles. The molecule has 11 nitrogen and oxygen atoms in total. The molecule has 14 heteroatoms. The highest BCUT2D eigenvalue weighted by molar-refractivity contribution is 5.73. The van der Waals surface area contributed by atoms with Crippen molar-refractivity contribution in [2.45, 2.75) is 32.4 Å². The van der Waals surface area contributed by atoms with Gasteiger partial charge >= 0.3 is 12.1 Å². The molecule has 0 aliphatic heterocycles. The number of carboxylic acids is 1. The number of benzene rings is 1. The Labute approximate surface area is 193 Å². The first-order valence-corrected chi connectivity index (χ1v) is 9.74. The first-order valence-electron chi connectivity index (χ1n) is 9.74. The van der Waals surface area contributed by atoms with Crippen LogP contribution in [0.2, 0.25) is 0 Å². The van der Waals surface area contributed by atoms with Gasteiger partial charge in [0, 0.05) is 17.2 Å². The lowest BCUT2D eigenvalue weighted by Crippen LogP contribution is -2.46. The summed E-state index contributed by atoms with van der Waals surface area (Å²) in [6.07, 6.45) is -0.793. The van der Waals surface area contributed by atoms with Gasteiger partial charge in [-0.25, -0.2) is 9.78 Å². The largest absolute Gasteiger partial charge is 0.490 e. The zero-order chi connectivity index (χ0) is 26.6. The number of hydrogen-bond donors (Lipinski definition) is 4. The number of rotatable bonds is 3. The molecule has 2 heterocycles. The summed E-state index contributed by atoms with van der Waals surface area (Å²) in [4.78, 5) is 56.6. The van der Waals surface area contributed by atoms with Gasteiger partial charge < -0.3 is 20.1 Å². The SMILES string of the molecule is CC(C)(C)c1[nH]cnc1/C=c1\[nH]c(=O)/c(=C/c2ccccc2[N+](=O)[O-])[nH]c1=O.O=C(O)C(F)(F)F. The van der Waals surface area contributed by atoms with Crippen LogP contribution in [0.3, 0.4) is 0 Å². The van der Waals surface area contributed by atoms with Crippen LogP contribution in [0.1, 0.15) is 37.7 Å². The van der Waals surface area contributed by atoms with Gasteiger partial charge in [-0.05, 0) is 18.2 Å². The molecule has 0 saturated carbocycles. The van der Waals surface area contributed by atoms with E-state index in [0.717, 1.165) is 5.69 Å². The van der Waals surface area contributed by atoms with Crippen molar-refractivity contribution >= 4 is 23.8 Å². The van der Waals surface area contributed by atoms with E-state index >= 15 is 0 Å². The molecule has 4 N–H and O–H groups in total. The predicted octanol–water partition coefficient (Wildman–Crippen LogP) is 1.28. The Morgan fingerprint density at radius 1 is 1.06 bits per heavy atom. The smallest absolute Gasteiger partial charge is 0.475 e. The summed E-state index contributed by atoms with van der Waals surface area (Å²) in [6, 6.07) is 5.96. The van der Waals surface area contributed by atoms with Crippen molar-refractivity contribution in [3.8, 4) is 0 Å². The minimum Gasteiger partial charge on any atom is -0.475 e. The second-order valence-corrected chi connectivity index (χ2v) is 8.06. The minimum atomic E-state index is -5.08. The molecule has 2 aromatic heterocycles. The fraction of sp³-hybridized carbons (Fsp3) is 0.238. The van der Waals surface area contributed by atoms with Gasteiger partial charge in [0.25, 0.3) is 16.8 Å². The van der Waals surface area contributed by atoms with Crippen molar-refractivity contribution in [2.24, 2.45) is 0 Å². The van der Waals surface area contributed by atoms with Crippen molar-refractivity contribution in [1.29, 1.82) is 0 Å². The second kappa shape index (κ2) is 10.2. The Bertz CT molecular complexity index is 1480. The number of carboxylic acid groups (broad SMARTS) is 1. The van der Waals surface area contributed by atoms with Gasteiger partial charge in [-0.1, -0.05) is 32.9 Å². The van der Waals surface area contributed by atoms with Crippen LogP contribution >= 0.6 is 0 Å². The third-order valence-electron chi connectivity index (χ3n) is 4.36. The number of H-pyrrole nitrogens is 3. The van der Waals surface area contributed by atoms with E-state index in [1.54, 1.807) is 6.07 Å². The van der Waals surface area contributed by atoms with E-state index in [0.29, 0.717) is 5.69 Å². The van der Waals surface area contributed by atoms with E-state index in [4.69, 9.17) is 9.90 Å². The van der Waals surface area contributed by atoms with E-state index in [-0.39, 0.29) is 27.4 Å². The Balaban J connectivity index is 0.000000540. The number of aliphatic carboxylic acids is 1. The zero-order valence-electron chi connectivity index (χ0n) is 18.6. The van der Waals surface area contributed by atoms with Crippen LogP contribution in [-0.2, 0) is 10.2 Å². The molecule has 1 aromatic carbocycles. The zero-order valence-corrected chi connectivity index (χ0v) is 18.6. The van der Waals surface area contributed by atoms with Crippen LogP contribution in [0.5, 0.6) is 0 Å². The van der Waals surface area contributed by atoms with Gasteiger partial charge in [0.1, 0.15) is 10.7 Å². The molecule has 0 bridgehead atoms. The molecule has 0 aliphatic carbocycles. The van der Waals surface area contributed by atoms with E-state index in [1.807, 2.05) is 20.8 Å². The number of halogens is 3. The fourth-order valence-electron chi connectivity index (χ4n) is 2.78. The Kier molecular flexibility index (Phi) is 7.79. The molecule has 35 heavy (non-hydrogen) atoms. The van der Waals surface area contributed by atoms with Crippen LogP contribution in [-0.4, -0.2) is 42.1 Å². The van der Waals surface area contributed by atoms with Gasteiger partial charge in [-0.15, -0.1) is 0 Å². The summed E-state index contributed by atoms with van der Waals surface area (Å²) in [5, 5.41) is 18.2. The van der Waals surface area contributed by atoms with Crippen LogP contribution in [0.25, 0.3) is 12.2 Å². The van der Waals surface area contributed by atoms with E-state index in [9.17, 15) is 32.9 Å². The first-order chi connectivity index (χ1) is 16.1. The predicted molar refractivity (Wildman–Crippen MR) is 118 cm³/mol. The average molecular weight is 495 g/mol. The monoisotopic (exact) mass is 495 g/mol. The van der Waals surface area contributed by atoms with Crippen LogP contribution < -0.4 is 21.8 Å². The number of nitrogens with zero attached hydrogens (tertiary/aromatic N) is 2. The third-order valence-corrected chi connectivity index (χ3v) is 4.36. The summed E-state index contributed by atoms with van der Waals surface area (Å²) >= 11 is 0. The van der Waals surface area contributed by atoms with Gasteiger partial charge in [0.2, 0.25) is 0 Å². The highest BCUT2D eigenvalue weighted by Crippen LogP contribution is 2.22. The summed E-state index contributed by atoms with van der Waals surface area (Å²) < 4.78 is 31.7. The molecular weight excluding hydrogens is 475 g/mol. The fourth-order valence-corrected chi connectivity index (χ4v) is 2.78. The van der Waals surface area contributed by atoms with Crippen molar-refractivity contribution in [3.05, 3.63) is 89.1 Å². The van der Waals surface area contributed by atoms with Gasteiger partial charge in [0.15, 0.2) is 0 Å². The van der Waals surface area contributed by atoms with Gasteiger partial charge in [-0.3, -0.25) is 19.7 Å². The highest BCUT2D eigenvalue weighted by atomic mass is 19.4. The average Bonchev–Trinajstić information content (AvgIpc) is 3.20. The molecule has 0 aliphatic rings. The van der Waals surface area contributed by atoms with Crippen LogP contribution in [0.15, 0.2) is 40.2 Å². The van der Waals surface area contributed by atoms with Crippen molar-refractivity contribution in [3.63, 3.8) is 0 Å². The van der Waals surface area contributed by atoms with E-state index < -0.39 is 28.2 Å². The number of aromatic amines is 3. The maximum Gasteiger partial charge on any atom is 0.490 e. The topological polar surface area (TPSA) is 175 Å². The molecular formula is C21H20F3N5O6. The maximum absolute atomic E-state index is 12.4. The normalized spacial score (nSPS) is 12.7. The second-order valence-electron chi connectivity index (χ2n) is 8.06. The number of nitrogens with one attached hydrogen (secondary N) is 3. The number of nitro benzene ring substituents is 1. The van der Waals surface area contributed by atoms with Crippen molar-refractivity contribution in [2.75, 3.05) is 0 Å². The standard InChI is InChI=1S/C19H19N5O4.C2HF3O2/c1-19(2,3)16-12(20-10-21-16)9-14-18(26)22-13(17(25)23-14)8-11-6-4-5-7-15(11)24(27)28;3-2(4,5)1(6)7/h4-10H,1-3H3,(H,20,21)(H,22,26)(H,23,25);(H,6,7)/b13-8-,14-9-;. The number of nitro groups is 1. The lowest BCUT2D eigenvalue weighted by molar-refractivity contribution is -0.385. The number of imidazole rings is 1. The quantitative estimate of drug-likeness (QED) is 0.313. The van der Waals surface area contributed by atoms with E-state index in [1.165, 1.54) is 36.7 Å². The van der Waals surface area contributed by atoms with Gasteiger partial charge in [-0.2, -0.15) is 13.2 Å². The first kappa shape index (κ1) is 26.8. The molecule has 3 aromatic rings. The molecule has 3 rings (SSSR count). The Morgan fingerprint density at radius 2 is 1.57 bits per heavy atom. The lowest BCUT2D eigenvalue weighted by atomic mass is 9.90. The molecule has 0 spiro atoms. The molecule has 0 fully saturated rings. The Morgan fingerprint density at radius 3 is 2.06 bits per heavy atom. The van der Waals surface area contributed by atoms with Crippen molar-refractivity contribution in [1.82, 2.24) is 19.9 Å². The summed E-state index contributed by atoms with van der Waals surface area (Å²) in [5.74, 6) is -2.76. The van der Waals surface area contributed by atoms with E-state index in [2.05, 4.69) is 19.9 Å². The van der Waals surface area contributed by atoms with Crippen LogP contribution in [0, 0.1) is 10.1 Å². The number of hydrogen-bond acceptors (Lipinski definition) is 6. The summed E-state index contributed by atoms with van der Waals surface area (Å²) in [5.41, 5.74) is 0.0870. The molecule has 0 radical (unpaired) electrons. The number of aromatic nitrogens is 4. The minimum absolute atomic E-state index is 0.0438. The van der Waals surface area contributed by atoms with Crippen molar-refractivity contribution < 1.29 is 28.0 Å². The highest BCUT2D eigenvalue weighted by Gasteiger charge is 2.38. The van der Waals surface area contributed by atoms with Gasteiger partial charge in [0.05, 0.1) is 22.5 Å². The maximum atomic E-state index is 12.4. The summed E-state index contributed by atoms with van der Waals surface area (Å²) in [7, 11) is 0. The molecule has 0 atom stereocenters. The van der Waals surface area contributed by atoms with Crippen LogP contribution in [0.4, 0.5) is 18.9 Å². The molecule has 186 valence electrons. The number of carbonyl (C=O) groups is 1. The number of alkyl halides is 3. The Hall–Kier alpha value is -4.49. The molecule has 0 unspecified atom stereocenters. The number of para-hydroxylation sites is 1. The third kappa shape index (κ3) is 6.99. The molecule has 0 amide bonds.